The Labute approximate surface area is 157 Å². The minimum absolute atomic E-state index is 0.178. The van der Waals surface area contributed by atoms with Crippen molar-refractivity contribution < 1.29 is 4.79 Å². The van der Waals surface area contributed by atoms with Gasteiger partial charge < -0.3 is 15.6 Å². The maximum atomic E-state index is 12.0. The Balaban J connectivity index is 1.25. The number of fused-ring (bicyclic) bond motifs is 1. The molecule has 0 aliphatic carbocycles. The molecule has 0 atom stereocenters. The molecule has 0 saturated carbocycles. The summed E-state index contributed by atoms with van der Waals surface area (Å²) in [7, 11) is 0. The van der Waals surface area contributed by atoms with Gasteiger partial charge in [-0.2, -0.15) is 5.10 Å². The van der Waals surface area contributed by atoms with Crippen LogP contribution in [-0.2, 0) is 13.0 Å². The van der Waals surface area contributed by atoms with Crippen LogP contribution < -0.4 is 10.6 Å². The molecule has 4 rings (SSSR count). The standard InChI is InChI=1S/C21H21N5O/c27-21(22-11-10-17-14-23-20-9-5-4-8-19(17)20)24-12-16-13-25-26(15-16)18-6-2-1-3-7-18/h1-9,13-15,23H,10-12H2,(H2,22,24,27). The highest BCUT2D eigenvalue weighted by molar-refractivity contribution is 5.83. The van der Waals surface area contributed by atoms with Crippen molar-refractivity contribution in [3.8, 4) is 5.69 Å². The molecule has 3 N–H and O–H groups in total. The van der Waals surface area contributed by atoms with Gasteiger partial charge in [0.15, 0.2) is 0 Å². The van der Waals surface area contributed by atoms with Crippen LogP contribution in [0.4, 0.5) is 4.79 Å². The van der Waals surface area contributed by atoms with Crippen molar-refractivity contribution in [1.82, 2.24) is 25.4 Å². The van der Waals surface area contributed by atoms with E-state index in [0.717, 1.165) is 23.2 Å². The lowest BCUT2D eigenvalue weighted by Crippen LogP contribution is -2.36. The van der Waals surface area contributed by atoms with E-state index in [9.17, 15) is 4.79 Å². The van der Waals surface area contributed by atoms with Gasteiger partial charge in [0, 0.05) is 41.9 Å². The van der Waals surface area contributed by atoms with E-state index in [4.69, 9.17) is 0 Å². The number of H-pyrrole nitrogens is 1. The Hall–Kier alpha value is -3.54. The molecular weight excluding hydrogens is 338 g/mol. The highest BCUT2D eigenvalue weighted by atomic mass is 16.2. The van der Waals surface area contributed by atoms with Crippen molar-refractivity contribution >= 4 is 16.9 Å². The highest BCUT2D eigenvalue weighted by Crippen LogP contribution is 2.17. The van der Waals surface area contributed by atoms with Crippen LogP contribution in [0.5, 0.6) is 0 Å². The van der Waals surface area contributed by atoms with Gasteiger partial charge in [0.1, 0.15) is 0 Å². The third-order valence-corrected chi connectivity index (χ3v) is 4.46. The second kappa shape index (κ2) is 7.78. The number of hydrogen-bond donors (Lipinski definition) is 3. The summed E-state index contributed by atoms with van der Waals surface area (Å²) in [5, 5.41) is 11.3. The van der Waals surface area contributed by atoms with Gasteiger partial charge in [-0.05, 0) is 30.2 Å². The van der Waals surface area contributed by atoms with Crippen molar-refractivity contribution in [2.24, 2.45) is 0 Å². The quantitative estimate of drug-likeness (QED) is 0.494. The number of rotatable bonds is 6. The molecule has 2 aromatic heterocycles. The topological polar surface area (TPSA) is 74.7 Å². The second-order valence-corrected chi connectivity index (χ2v) is 6.35. The van der Waals surface area contributed by atoms with Gasteiger partial charge in [0.2, 0.25) is 0 Å². The number of aromatic amines is 1. The summed E-state index contributed by atoms with van der Waals surface area (Å²) in [6, 6.07) is 17.9. The maximum Gasteiger partial charge on any atom is 0.315 e. The first-order valence-electron chi connectivity index (χ1n) is 8.95. The van der Waals surface area contributed by atoms with Crippen LogP contribution in [-0.4, -0.2) is 27.3 Å². The zero-order chi connectivity index (χ0) is 18.5. The number of para-hydroxylation sites is 2. The molecule has 0 spiro atoms. The molecule has 2 amide bonds. The molecule has 0 aliphatic rings. The number of benzene rings is 2. The number of urea groups is 1. The van der Waals surface area contributed by atoms with Crippen molar-refractivity contribution in [3.05, 3.63) is 84.3 Å². The van der Waals surface area contributed by atoms with Crippen LogP contribution in [0.1, 0.15) is 11.1 Å². The fourth-order valence-electron chi connectivity index (χ4n) is 3.07. The molecule has 27 heavy (non-hydrogen) atoms. The second-order valence-electron chi connectivity index (χ2n) is 6.35. The van der Waals surface area contributed by atoms with Crippen LogP contribution in [0.15, 0.2) is 73.2 Å². The van der Waals surface area contributed by atoms with E-state index in [2.05, 4.69) is 32.8 Å². The maximum absolute atomic E-state index is 12.0. The minimum atomic E-state index is -0.178. The van der Waals surface area contributed by atoms with Gasteiger partial charge in [-0.3, -0.25) is 0 Å². The van der Waals surface area contributed by atoms with E-state index in [1.54, 1.807) is 10.9 Å². The molecule has 6 heteroatoms. The largest absolute Gasteiger partial charge is 0.361 e. The molecule has 136 valence electrons. The monoisotopic (exact) mass is 359 g/mol. The summed E-state index contributed by atoms with van der Waals surface area (Å²) < 4.78 is 1.80. The van der Waals surface area contributed by atoms with Gasteiger partial charge >= 0.3 is 6.03 Å². The van der Waals surface area contributed by atoms with Crippen LogP contribution in [0, 0.1) is 0 Å². The predicted octanol–water partition coefficient (Wildman–Crippen LogP) is 3.40. The Morgan fingerprint density at radius 3 is 2.74 bits per heavy atom. The zero-order valence-corrected chi connectivity index (χ0v) is 14.9. The van der Waals surface area contributed by atoms with Gasteiger partial charge in [-0.1, -0.05) is 36.4 Å². The van der Waals surface area contributed by atoms with Crippen molar-refractivity contribution in [3.63, 3.8) is 0 Å². The lowest BCUT2D eigenvalue weighted by Gasteiger charge is -2.06. The molecule has 0 aliphatic heterocycles. The average Bonchev–Trinajstić information content (AvgIpc) is 3.35. The number of hydrogen-bond acceptors (Lipinski definition) is 2. The van der Waals surface area contributed by atoms with E-state index < -0.39 is 0 Å². The van der Waals surface area contributed by atoms with E-state index >= 15 is 0 Å². The fourth-order valence-corrected chi connectivity index (χ4v) is 3.07. The first-order valence-corrected chi connectivity index (χ1v) is 8.95. The van der Waals surface area contributed by atoms with Crippen LogP contribution in [0.25, 0.3) is 16.6 Å². The Morgan fingerprint density at radius 2 is 1.85 bits per heavy atom. The number of carbonyl (C=O) groups is 1. The molecule has 0 saturated heterocycles. The first kappa shape index (κ1) is 16.9. The first-order chi connectivity index (χ1) is 13.3. The van der Waals surface area contributed by atoms with E-state index in [1.165, 1.54) is 10.9 Å². The Bertz CT molecular complexity index is 1030. The summed E-state index contributed by atoms with van der Waals surface area (Å²) in [6.45, 7) is 1.02. The normalized spacial score (nSPS) is 10.8. The summed E-state index contributed by atoms with van der Waals surface area (Å²) >= 11 is 0. The number of amides is 2. The minimum Gasteiger partial charge on any atom is -0.361 e. The van der Waals surface area contributed by atoms with Crippen molar-refractivity contribution in [1.29, 1.82) is 0 Å². The number of nitrogens with one attached hydrogen (secondary N) is 3. The van der Waals surface area contributed by atoms with Gasteiger partial charge in [0.25, 0.3) is 0 Å². The van der Waals surface area contributed by atoms with Gasteiger partial charge in [-0.25, -0.2) is 9.48 Å². The summed E-state index contributed by atoms with van der Waals surface area (Å²) in [5.41, 5.74) is 4.26. The highest BCUT2D eigenvalue weighted by Gasteiger charge is 2.06. The number of nitrogens with zero attached hydrogens (tertiary/aromatic N) is 2. The van der Waals surface area contributed by atoms with E-state index in [-0.39, 0.29) is 6.03 Å². The van der Waals surface area contributed by atoms with E-state index in [0.29, 0.717) is 13.1 Å². The summed E-state index contributed by atoms with van der Waals surface area (Å²) in [4.78, 5) is 15.3. The smallest absolute Gasteiger partial charge is 0.315 e. The van der Waals surface area contributed by atoms with Gasteiger partial charge in [-0.15, -0.1) is 0 Å². The predicted molar refractivity (Wildman–Crippen MR) is 106 cm³/mol. The molecule has 6 nitrogen and oxygen atoms in total. The molecular formula is C21H21N5O. The summed E-state index contributed by atoms with van der Waals surface area (Å²) in [5.74, 6) is 0. The number of aromatic nitrogens is 3. The third kappa shape index (κ3) is 4.00. The molecule has 0 unspecified atom stereocenters. The molecule has 0 bridgehead atoms. The average molecular weight is 359 g/mol. The Kier molecular flexibility index (Phi) is 4.87. The van der Waals surface area contributed by atoms with Crippen LogP contribution >= 0.6 is 0 Å². The van der Waals surface area contributed by atoms with Crippen molar-refractivity contribution in [2.45, 2.75) is 13.0 Å². The Morgan fingerprint density at radius 1 is 1.04 bits per heavy atom. The third-order valence-electron chi connectivity index (χ3n) is 4.46. The lowest BCUT2D eigenvalue weighted by atomic mass is 10.1. The van der Waals surface area contributed by atoms with Gasteiger partial charge in [0.05, 0.1) is 11.9 Å². The molecule has 0 fully saturated rings. The molecule has 0 radical (unpaired) electrons. The van der Waals surface area contributed by atoms with Crippen LogP contribution in [0.3, 0.4) is 0 Å². The molecule has 4 aromatic rings. The SMILES string of the molecule is O=C(NCCc1c[nH]c2ccccc12)NCc1cnn(-c2ccccc2)c1. The van der Waals surface area contributed by atoms with Crippen LogP contribution in [0.2, 0.25) is 0 Å². The van der Waals surface area contributed by atoms with E-state index in [1.807, 2.05) is 54.9 Å². The molecule has 2 heterocycles. The summed E-state index contributed by atoms with van der Waals surface area (Å²) in [6.07, 6.45) is 6.46. The lowest BCUT2D eigenvalue weighted by molar-refractivity contribution is 0.240. The molecule has 2 aromatic carbocycles. The van der Waals surface area contributed by atoms with Crippen molar-refractivity contribution in [2.75, 3.05) is 6.54 Å². The number of carbonyl (C=O) groups excluding carboxylic acids is 1. The zero-order valence-electron chi connectivity index (χ0n) is 14.9. The fraction of sp³-hybridized carbons (Fsp3) is 0.143.